The van der Waals surface area contributed by atoms with Gasteiger partial charge in [-0.15, -0.1) is 0 Å². The van der Waals surface area contributed by atoms with Crippen LogP contribution >= 0.6 is 11.8 Å². The van der Waals surface area contributed by atoms with E-state index in [4.69, 9.17) is 4.42 Å². The summed E-state index contributed by atoms with van der Waals surface area (Å²) in [6.45, 7) is 0. The first kappa shape index (κ1) is 23.0. The molecule has 0 fully saturated rings. The SMILES string of the molecule is CN(C)S(=O)(=O)c1ccc2oc(SCC(=O)NC(c3ccccc3)c3ccccc3)nc2c1. The van der Waals surface area contributed by atoms with Gasteiger partial charge in [-0.25, -0.2) is 17.7 Å². The fourth-order valence-corrected chi connectivity index (χ4v) is 4.87. The Labute approximate surface area is 196 Å². The summed E-state index contributed by atoms with van der Waals surface area (Å²) >= 11 is 1.16. The van der Waals surface area contributed by atoms with Crippen molar-refractivity contribution in [1.29, 1.82) is 0 Å². The largest absolute Gasteiger partial charge is 0.431 e. The predicted octanol–water partition coefficient (Wildman–Crippen LogP) is 4.08. The average molecular weight is 482 g/mol. The second-order valence-electron chi connectivity index (χ2n) is 7.51. The number of carbonyl (C=O) groups excluding carboxylic acids is 1. The van der Waals surface area contributed by atoms with E-state index in [0.717, 1.165) is 27.2 Å². The van der Waals surface area contributed by atoms with Gasteiger partial charge >= 0.3 is 0 Å². The number of nitrogens with one attached hydrogen (secondary N) is 1. The lowest BCUT2D eigenvalue weighted by Gasteiger charge is -2.19. The van der Waals surface area contributed by atoms with Crippen molar-refractivity contribution in [1.82, 2.24) is 14.6 Å². The Hall–Kier alpha value is -3.14. The molecule has 4 aromatic rings. The molecule has 1 aromatic heterocycles. The van der Waals surface area contributed by atoms with Crippen molar-refractivity contribution in [2.24, 2.45) is 0 Å². The molecule has 0 unspecified atom stereocenters. The Bertz CT molecular complexity index is 1320. The van der Waals surface area contributed by atoms with Crippen molar-refractivity contribution < 1.29 is 17.6 Å². The van der Waals surface area contributed by atoms with Crippen LogP contribution in [0.5, 0.6) is 0 Å². The molecular weight excluding hydrogens is 458 g/mol. The summed E-state index contributed by atoms with van der Waals surface area (Å²) in [6.07, 6.45) is 0. The number of fused-ring (bicyclic) bond motifs is 1. The topological polar surface area (TPSA) is 92.5 Å². The average Bonchev–Trinajstić information content (AvgIpc) is 3.24. The maximum atomic E-state index is 12.8. The lowest BCUT2D eigenvalue weighted by molar-refractivity contribution is -0.119. The smallest absolute Gasteiger partial charge is 0.257 e. The highest BCUT2D eigenvalue weighted by atomic mass is 32.2. The molecule has 0 aliphatic rings. The number of carbonyl (C=O) groups is 1. The highest BCUT2D eigenvalue weighted by Gasteiger charge is 2.20. The maximum absolute atomic E-state index is 12.8. The van der Waals surface area contributed by atoms with E-state index < -0.39 is 10.0 Å². The molecule has 0 atom stereocenters. The van der Waals surface area contributed by atoms with Crippen LogP contribution in [0.3, 0.4) is 0 Å². The molecule has 0 bridgehead atoms. The highest BCUT2D eigenvalue weighted by Crippen LogP contribution is 2.27. The summed E-state index contributed by atoms with van der Waals surface area (Å²) in [4.78, 5) is 17.2. The number of oxazole rings is 1. The molecule has 33 heavy (non-hydrogen) atoms. The molecule has 0 spiro atoms. The molecule has 4 rings (SSSR count). The number of sulfonamides is 1. The predicted molar refractivity (Wildman–Crippen MR) is 128 cm³/mol. The van der Waals surface area contributed by atoms with Crippen molar-refractivity contribution in [3.63, 3.8) is 0 Å². The van der Waals surface area contributed by atoms with E-state index >= 15 is 0 Å². The standard InChI is InChI=1S/C24H23N3O4S2/c1-27(2)33(29,30)19-13-14-21-20(15-19)25-24(31-21)32-16-22(28)26-23(17-9-5-3-6-10-17)18-11-7-4-8-12-18/h3-15,23H,16H2,1-2H3,(H,26,28). The van der Waals surface area contributed by atoms with Crippen molar-refractivity contribution in [3.05, 3.63) is 90.0 Å². The molecule has 0 radical (unpaired) electrons. The summed E-state index contributed by atoms with van der Waals surface area (Å²) in [5.41, 5.74) is 2.85. The molecule has 0 aliphatic heterocycles. The summed E-state index contributed by atoms with van der Waals surface area (Å²) in [5.74, 6) is -0.0675. The third-order valence-corrected chi connectivity index (χ3v) is 7.66. The Balaban J connectivity index is 1.47. The number of hydrogen-bond donors (Lipinski definition) is 1. The number of thioether (sulfide) groups is 1. The van der Waals surface area contributed by atoms with Crippen LogP contribution in [0.4, 0.5) is 0 Å². The number of nitrogens with zero attached hydrogens (tertiary/aromatic N) is 2. The molecule has 170 valence electrons. The lowest BCUT2D eigenvalue weighted by Crippen LogP contribution is -2.30. The Morgan fingerprint density at radius 3 is 2.18 bits per heavy atom. The fraction of sp³-hybridized carbons (Fsp3) is 0.167. The van der Waals surface area contributed by atoms with Crippen LogP contribution < -0.4 is 5.32 Å². The first-order chi connectivity index (χ1) is 15.8. The number of benzene rings is 3. The lowest BCUT2D eigenvalue weighted by atomic mass is 9.99. The molecule has 9 heteroatoms. The summed E-state index contributed by atoms with van der Waals surface area (Å²) in [6, 6.07) is 23.8. The third kappa shape index (κ3) is 5.27. The molecule has 3 aromatic carbocycles. The van der Waals surface area contributed by atoms with Gasteiger partial charge in [0.1, 0.15) is 5.52 Å². The molecule has 1 amide bonds. The van der Waals surface area contributed by atoms with E-state index in [1.54, 1.807) is 6.07 Å². The minimum atomic E-state index is -3.57. The first-order valence-corrected chi connectivity index (χ1v) is 12.6. The number of hydrogen-bond acceptors (Lipinski definition) is 6. The quantitative estimate of drug-likeness (QED) is 0.381. The van der Waals surface area contributed by atoms with Crippen molar-refractivity contribution in [3.8, 4) is 0 Å². The summed E-state index contributed by atoms with van der Waals surface area (Å²) in [5, 5.41) is 3.38. The highest BCUT2D eigenvalue weighted by molar-refractivity contribution is 7.99. The maximum Gasteiger partial charge on any atom is 0.257 e. The molecular formula is C24H23N3O4S2. The van der Waals surface area contributed by atoms with Crippen LogP contribution in [-0.4, -0.2) is 43.5 Å². The molecule has 0 saturated carbocycles. The van der Waals surface area contributed by atoms with Gasteiger partial charge in [-0.3, -0.25) is 4.79 Å². The van der Waals surface area contributed by atoms with Crippen LogP contribution in [0.15, 0.2) is 93.4 Å². The van der Waals surface area contributed by atoms with E-state index in [-0.39, 0.29) is 22.6 Å². The van der Waals surface area contributed by atoms with Gasteiger partial charge < -0.3 is 9.73 Å². The van der Waals surface area contributed by atoms with Gasteiger partial charge in [0.2, 0.25) is 15.9 Å². The molecule has 1 heterocycles. The molecule has 1 N–H and O–H groups in total. The van der Waals surface area contributed by atoms with Crippen molar-refractivity contribution >= 4 is 38.8 Å². The number of aromatic nitrogens is 1. The Morgan fingerprint density at radius 1 is 1.00 bits per heavy atom. The zero-order chi connectivity index (χ0) is 23.4. The number of rotatable bonds is 8. The monoisotopic (exact) mass is 481 g/mol. The summed E-state index contributed by atoms with van der Waals surface area (Å²) < 4.78 is 31.5. The van der Waals surface area contributed by atoms with Crippen LogP contribution in [-0.2, 0) is 14.8 Å². The van der Waals surface area contributed by atoms with Gasteiger partial charge in [0.25, 0.3) is 5.22 Å². The van der Waals surface area contributed by atoms with Crippen LogP contribution in [0.1, 0.15) is 17.2 Å². The van der Waals surface area contributed by atoms with Gasteiger partial charge in [0.05, 0.1) is 16.7 Å². The second-order valence-corrected chi connectivity index (χ2v) is 10.6. The number of amides is 1. The van der Waals surface area contributed by atoms with E-state index in [2.05, 4.69) is 10.3 Å². The Kier molecular flexibility index (Phi) is 6.83. The minimum absolute atomic E-state index is 0.103. The van der Waals surface area contributed by atoms with E-state index in [9.17, 15) is 13.2 Å². The third-order valence-electron chi connectivity index (χ3n) is 5.02. The molecule has 0 aliphatic carbocycles. The van der Waals surface area contributed by atoms with Gasteiger partial charge in [-0.1, -0.05) is 72.4 Å². The first-order valence-electron chi connectivity index (χ1n) is 10.2. The van der Waals surface area contributed by atoms with Gasteiger partial charge in [-0.05, 0) is 29.3 Å². The minimum Gasteiger partial charge on any atom is -0.431 e. The molecule has 0 saturated heterocycles. The Morgan fingerprint density at radius 2 is 1.61 bits per heavy atom. The van der Waals surface area contributed by atoms with Crippen LogP contribution in [0.2, 0.25) is 0 Å². The van der Waals surface area contributed by atoms with Crippen molar-refractivity contribution in [2.75, 3.05) is 19.8 Å². The zero-order valence-electron chi connectivity index (χ0n) is 18.1. The normalized spacial score (nSPS) is 11.9. The van der Waals surface area contributed by atoms with Crippen molar-refractivity contribution in [2.45, 2.75) is 16.2 Å². The van der Waals surface area contributed by atoms with E-state index in [1.165, 1.54) is 26.2 Å². The summed E-state index contributed by atoms with van der Waals surface area (Å²) in [7, 11) is -0.625. The van der Waals surface area contributed by atoms with Gasteiger partial charge in [-0.2, -0.15) is 0 Å². The zero-order valence-corrected chi connectivity index (χ0v) is 19.8. The van der Waals surface area contributed by atoms with E-state index in [1.807, 2.05) is 60.7 Å². The van der Waals surface area contributed by atoms with Gasteiger partial charge in [0, 0.05) is 14.1 Å². The van der Waals surface area contributed by atoms with Crippen LogP contribution in [0, 0.1) is 0 Å². The van der Waals surface area contributed by atoms with E-state index in [0.29, 0.717) is 16.3 Å². The second kappa shape index (κ2) is 9.78. The molecule has 7 nitrogen and oxygen atoms in total. The fourth-order valence-electron chi connectivity index (χ4n) is 3.30. The van der Waals surface area contributed by atoms with Gasteiger partial charge in [0.15, 0.2) is 5.58 Å². The van der Waals surface area contributed by atoms with Crippen LogP contribution in [0.25, 0.3) is 11.1 Å².